The molecule has 1 N–H and O–H groups in total. The van der Waals surface area contributed by atoms with E-state index in [0.717, 1.165) is 22.7 Å². The van der Waals surface area contributed by atoms with Crippen LogP contribution in [0.2, 0.25) is 0 Å². The van der Waals surface area contributed by atoms with Crippen LogP contribution in [0.4, 0.5) is 0 Å². The van der Waals surface area contributed by atoms with Crippen molar-refractivity contribution in [1.29, 1.82) is 0 Å². The summed E-state index contributed by atoms with van der Waals surface area (Å²) in [5.74, 6) is 0.790. The molecule has 106 valence electrons. The molecule has 0 atom stereocenters. The van der Waals surface area contributed by atoms with Crippen LogP contribution in [0.5, 0.6) is 5.75 Å². The first-order chi connectivity index (χ1) is 10.2. The Hall–Kier alpha value is -2.75. The number of ether oxygens (including phenoxy) is 1. The lowest BCUT2D eigenvalue weighted by molar-refractivity contribution is 0.415. The highest BCUT2D eigenvalue weighted by atomic mass is 16.5. The van der Waals surface area contributed by atoms with Crippen LogP contribution in [-0.4, -0.2) is 16.9 Å². The maximum Gasteiger partial charge on any atom is 0.265 e. The van der Waals surface area contributed by atoms with E-state index in [4.69, 9.17) is 4.74 Å². The summed E-state index contributed by atoms with van der Waals surface area (Å²) < 4.78 is 6.96. The van der Waals surface area contributed by atoms with Crippen molar-refractivity contribution in [3.8, 4) is 22.7 Å². The number of aryl methyl sites for hydroxylation is 1. The Kier molecular flexibility index (Phi) is 3.36. The highest BCUT2D eigenvalue weighted by Crippen LogP contribution is 2.23. The number of benzene rings is 2. The standard InChI is InChI=1S/C17H16N2O2/c1-12-3-7-14(8-4-12)19-16(11-17(20)18-19)13-5-9-15(21-2)10-6-13/h3-11H,1-2H3,(H,18,20). The van der Waals surface area contributed by atoms with Gasteiger partial charge in [0.25, 0.3) is 5.56 Å². The van der Waals surface area contributed by atoms with Gasteiger partial charge >= 0.3 is 0 Å². The molecule has 0 amide bonds. The van der Waals surface area contributed by atoms with Crippen LogP contribution in [0.1, 0.15) is 5.56 Å². The lowest BCUT2D eigenvalue weighted by atomic mass is 10.1. The van der Waals surface area contributed by atoms with Crippen LogP contribution >= 0.6 is 0 Å². The first-order valence-corrected chi connectivity index (χ1v) is 6.71. The van der Waals surface area contributed by atoms with E-state index in [9.17, 15) is 4.79 Å². The van der Waals surface area contributed by atoms with Crippen molar-refractivity contribution < 1.29 is 4.74 Å². The summed E-state index contributed by atoms with van der Waals surface area (Å²) in [5, 5.41) is 2.84. The summed E-state index contributed by atoms with van der Waals surface area (Å²) in [5.41, 5.74) is 3.76. The molecule has 0 unspecified atom stereocenters. The first-order valence-electron chi connectivity index (χ1n) is 6.71. The van der Waals surface area contributed by atoms with E-state index >= 15 is 0 Å². The molecule has 4 heteroatoms. The summed E-state index contributed by atoms with van der Waals surface area (Å²) in [4.78, 5) is 11.7. The van der Waals surface area contributed by atoms with Gasteiger partial charge in [0.1, 0.15) is 5.75 Å². The Balaban J connectivity index is 2.10. The lowest BCUT2D eigenvalue weighted by Gasteiger charge is -2.09. The van der Waals surface area contributed by atoms with E-state index in [1.54, 1.807) is 17.9 Å². The lowest BCUT2D eigenvalue weighted by Crippen LogP contribution is -2.04. The Bertz CT molecular complexity index is 796. The number of nitrogens with zero attached hydrogens (tertiary/aromatic N) is 1. The van der Waals surface area contributed by atoms with Gasteiger partial charge in [-0.1, -0.05) is 17.7 Å². The molecule has 0 fully saturated rings. The number of methoxy groups -OCH3 is 1. The fourth-order valence-corrected chi connectivity index (χ4v) is 2.26. The molecule has 0 aliphatic heterocycles. The van der Waals surface area contributed by atoms with Crippen molar-refractivity contribution in [2.75, 3.05) is 7.11 Å². The molecule has 0 spiro atoms. The van der Waals surface area contributed by atoms with E-state index in [1.807, 2.05) is 55.5 Å². The molecule has 4 nitrogen and oxygen atoms in total. The molecular formula is C17H16N2O2. The van der Waals surface area contributed by atoms with Gasteiger partial charge in [-0.2, -0.15) is 0 Å². The molecule has 1 aromatic heterocycles. The Labute approximate surface area is 122 Å². The normalized spacial score (nSPS) is 10.6. The minimum Gasteiger partial charge on any atom is -0.497 e. The zero-order valence-corrected chi connectivity index (χ0v) is 12.0. The largest absolute Gasteiger partial charge is 0.497 e. The molecule has 0 saturated carbocycles. The van der Waals surface area contributed by atoms with E-state index in [0.29, 0.717) is 0 Å². The van der Waals surface area contributed by atoms with E-state index in [2.05, 4.69) is 5.10 Å². The van der Waals surface area contributed by atoms with Crippen molar-refractivity contribution in [2.45, 2.75) is 6.92 Å². The van der Waals surface area contributed by atoms with Gasteiger partial charge in [-0.25, -0.2) is 0 Å². The topological polar surface area (TPSA) is 47.0 Å². The van der Waals surface area contributed by atoms with Gasteiger partial charge < -0.3 is 4.74 Å². The van der Waals surface area contributed by atoms with Crippen LogP contribution < -0.4 is 10.3 Å². The number of hydrogen-bond acceptors (Lipinski definition) is 2. The van der Waals surface area contributed by atoms with Crippen molar-refractivity contribution >= 4 is 0 Å². The molecule has 21 heavy (non-hydrogen) atoms. The van der Waals surface area contributed by atoms with Gasteiger partial charge in [0.15, 0.2) is 0 Å². The van der Waals surface area contributed by atoms with Crippen molar-refractivity contribution in [3.05, 3.63) is 70.5 Å². The number of H-pyrrole nitrogens is 1. The van der Waals surface area contributed by atoms with Crippen LogP contribution in [0.25, 0.3) is 16.9 Å². The number of aromatic nitrogens is 2. The first kappa shape index (κ1) is 13.2. The van der Waals surface area contributed by atoms with Crippen LogP contribution in [0.3, 0.4) is 0 Å². The molecule has 0 bridgehead atoms. The predicted octanol–water partition coefficient (Wildman–Crippen LogP) is 3.15. The van der Waals surface area contributed by atoms with Gasteiger partial charge in [0.05, 0.1) is 18.5 Å². The van der Waals surface area contributed by atoms with Gasteiger partial charge in [-0.3, -0.25) is 14.6 Å². The van der Waals surface area contributed by atoms with Gasteiger partial charge in [0, 0.05) is 11.6 Å². The Morgan fingerprint density at radius 2 is 1.67 bits per heavy atom. The zero-order valence-electron chi connectivity index (χ0n) is 12.0. The fraction of sp³-hybridized carbons (Fsp3) is 0.118. The second-order valence-corrected chi connectivity index (χ2v) is 4.91. The third-order valence-corrected chi connectivity index (χ3v) is 3.41. The summed E-state index contributed by atoms with van der Waals surface area (Å²) in [6, 6.07) is 17.2. The number of aromatic amines is 1. The van der Waals surface area contributed by atoms with Crippen molar-refractivity contribution in [3.63, 3.8) is 0 Å². The summed E-state index contributed by atoms with van der Waals surface area (Å²) in [6.07, 6.45) is 0. The molecule has 1 heterocycles. The summed E-state index contributed by atoms with van der Waals surface area (Å²) >= 11 is 0. The number of nitrogens with one attached hydrogen (secondary N) is 1. The minimum atomic E-state index is -0.124. The highest BCUT2D eigenvalue weighted by Gasteiger charge is 2.09. The maximum atomic E-state index is 11.7. The number of rotatable bonds is 3. The second kappa shape index (κ2) is 5.32. The molecule has 3 aromatic rings. The molecule has 0 saturated heterocycles. The predicted molar refractivity (Wildman–Crippen MR) is 83.1 cm³/mol. The van der Waals surface area contributed by atoms with Crippen molar-refractivity contribution in [2.24, 2.45) is 0 Å². The Morgan fingerprint density at radius 1 is 1.00 bits per heavy atom. The SMILES string of the molecule is COc1ccc(-c2cc(=O)[nH]n2-c2ccc(C)cc2)cc1. The van der Waals surface area contributed by atoms with Gasteiger partial charge in [-0.15, -0.1) is 0 Å². The second-order valence-electron chi connectivity index (χ2n) is 4.91. The Morgan fingerprint density at radius 3 is 2.29 bits per heavy atom. The minimum absolute atomic E-state index is 0.124. The third-order valence-electron chi connectivity index (χ3n) is 3.41. The molecule has 0 radical (unpaired) electrons. The average molecular weight is 280 g/mol. The quantitative estimate of drug-likeness (QED) is 0.801. The molecular weight excluding hydrogens is 264 g/mol. The fourth-order valence-electron chi connectivity index (χ4n) is 2.26. The van der Waals surface area contributed by atoms with Gasteiger partial charge in [-0.05, 0) is 43.3 Å². The molecule has 3 rings (SSSR count). The molecule has 2 aromatic carbocycles. The van der Waals surface area contributed by atoms with E-state index in [1.165, 1.54) is 5.56 Å². The maximum absolute atomic E-state index is 11.7. The summed E-state index contributed by atoms with van der Waals surface area (Å²) in [6.45, 7) is 2.03. The molecule has 0 aliphatic carbocycles. The average Bonchev–Trinajstić information content (AvgIpc) is 2.90. The smallest absolute Gasteiger partial charge is 0.265 e. The van der Waals surface area contributed by atoms with Crippen molar-refractivity contribution in [1.82, 2.24) is 9.78 Å². The number of hydrogen-bond donors (Lipinski definition) is 1. The van der Waals surface area contributed by atoms with Crippen LogP contribution in [-0.2, 0) is 0 Å². The van der Waals surface area contributed by atoms with Crippen LogP contribution in [0, 0.1) is 6.92 Å². The molecule has 0 aliphatic rings. The summed E-state index contributed by atoms with van der Waals surface area (Å²) in [7, 11) is 1.63. The third kappa shape index (κ3) is 2.60. The van der Waals surface area contributed by atoms with E-state index in [-0.39, 0.29) is 5.56 Å². The van der Waals surface area contributed by atoms with Gasteiger partial charge in [0.2, 0.25) is 0 Å². The van der Waals surface area contributed by atoms with Crippen LogP contribution in [0.15, 0.2) is 59.4 Å². The zero-order chi connectivity index (χ0) is 14.8. The monoisotopic (exact) mass is 280 g/mol. The highest BCUT2D eigenvalue weighted by molar-refractivity contribution is 5.62. The van der Waals surface area contributed by atoms with E-state index < -0.39 is 0 Å².